The quantitative estimate of drug-likeness (QED) is 0.732. The van der Waals surface area contributed by atoms with Gasteiger partial charge < -0.3 is 10.5 Å². The van der Waals surface area contributed by atoms with E-state index >= 15 is 0 Å². The van der Waals surface area contributed by atoms with Gasteiger partial charge in [0.15, 0.2) is 0 Å². The van der Waals surface area contributed by atoms with Crippen LogP contribution in [0.5, 0.6) is 5.75 Å². The highest BCUT2D eigenvalue weighted by Crippen LogP contribution is 2.29. The smallest absolute Gasteiger partial charge is 0.293 e. The summed E-state index contributed by atoms with van der Waals surface area (Å²) in [6.07, 6.45) is 3.48. The molecule has 0 bridgehead atoms. The van der Waals surface area contributed by atoms with E-state index < -0.39 is 5.91 Å². The van der Waals surface area contributed by atoms with Crippen molar-refractivity contribution in [2.45, 2.75) is 0 Å². The largest absolute Gasteiger partial charge is 0.494 e. The van der Waals surface area contributed by atoms with Gasteiger partial charge in [0.25, 0.3) is 5.91 Å². The van der Waals surface area contributed by atoms with Crippen LogP contribution in [0.1, 0.15) is 5.56 Å². The van der Waals surface area contributed by atoms with Crippen molar-refractivity contribution >= 4 is 11.4 Å². The Kier molecular flexibility index (Phi) is 3.50. The molecule has 1 aromatic carbocycles. The summed E-state index contributed by atoms with van der Waals surface area (Å²) in [5.41, 5.74) is 8.38. The number of benzene rings is 1. The lowest BCUT2D eigenvalue weighted by Gasteiger charge is -2.08. The molecule has 0 radical (unpaired) electrons. The van der Waals surface area contributed by atoms with Crippen LogP contribution in [0.15, 0.2) is 48.8 Å². The number of hydrogen-bond donors (Lipinski definition) is 1. The Morgan fingerprint density at radius 1 is 1.27 bits per heavy atom. The topological polar surface area (TPSA) is 69.6 Å². The number of nitrogens with zero attached hydrogens (tertiary/aromatic N) is 2. The molecule has 0 atom stereocenters. The summed E-state index contributed by atoms with van der Waals surface area (Å²) < 4.78 is 7.14. The van der Waals surface area contributed by atoms with Crippen LogP contribution in [-0.4, -0.2) is 22.6 Å². The highest BCUT2D eigenvalue weighted by Gasteiger charge is 2.11. The molecule has 5 heteroatoms. The first-order valence-corrected chi connectivity index (χ1v) is 6.61. The zero-order valence-corrected chi connectivity index (χ0v) is 11.9. The highest BCUT2D eigenvalue weighted by atomic mass is 16.5. The van der Waals surface area contributed by atoms with Crippen LogP contribution in [-0.2, 0) is 4.79 Å². The maximum atomic E-state index is 10.8. The zero-order valence-electron chi connectivity index (χ0n) is 11.9. The van der Waals surface area contributed by atoms with Crippen molar-refractivity contribution < 1.29 is 9.53 Å². The normalized spacial score (nSPS) is 10.0. The van der Waals surface area contributed by atoms with Gasteiger partial charge in [0, 0.05) is 17.7 Å². The SMILES string of the molecule is COc1cc(-c2ccccc2)cn2ncc(C#CC(N)=O)c12. The van der Waals surface area contributed by atoms with Crippen molar-refractivity contribution in [1.82, 2.24) is 9.61 Å². The molecule has 1 amide bonds. The summed E-state index contributed by atoms with van der Waals surface area (Å²) in [6, 6.07) is 11.8. The van der Waals surface area contributed by atoms with E-state index in [4.69, 9.17) is 10.5 Å². The summed E-state index contributed by atoms with van der Waals surface area (Å²) in [5, 5.41) is 4.27. The van der Waals surface area contributed by atoms with Crippen LogP contribution < -0.4 is 10.5 Å². The molecule has 2 heterocycles. The van der Waals surface area contributed by atoms with E-state index in [0.717, 1.165) is 11.1 Å². The number of carbonyl (C=O) groups excluding carboxylic acids is 1. The summed E-state index contributed by atoms with van der Waals surface area (Å²) in [4.78, 5) is 10.8. The predicted octanol–water partition coefficient (Wildman–Crippen LogP) is 1.85. The molecule has 0 unspecified atom stereocenters. The lowest BCUT2D eigenvalue weighted by molar-refractivity contribution is -0.112. The minimum Gasteiger partial charge on any atom is -0.494 e. The van der Waals surface area contributed by atoms with E-state index in [9.17, 15) is 4.79 Å². The first-order valence-electron chi connectivity index (χ1n) is 6.61. The van der Waals surface area contributed by atoms with E-state index in [1.807, 2.05) is 42.6 Å². The molecule has 0 aliphatic rings. The Morgan fingerprint density at radius 2 is 2.05 bits per heavy atom. The summed E-state index contributed by atoms with van der Waals surface area (Å²) in [7, 11) is 1.59. The van der Waals surface area contributed by atoms with Gasteiger partial charge in [-0.05, 0) is 11.6 Å². The number of rotatable bonds is 2. The van der Waals surface area contributed by atoms with E-state index in [1.54, 1.807) is 17.8 Å². The number of hydrogen-bond acceptors (Lipinski definition) is 3. The van der Waals surface area contributed by atoms with Gasteiger partial charge in [-0.25, -0.2) is 4.52 Å². The third-order valence-electron chi connectivity index (χ3n) is 3.22. The molecule has 5 nitrogen and oxygen atoms in total. The molecular formula is C17H13N3O2. The highest BCUT2D eigenvalue weighted by molar-refractivity contribution is 5.93. The van der Waals surface area contributed by atoms with Crippen LogP contribution in [0.3, 0.4) is 0 Å². The van der Waals surface area contributed by atoms with Crippen LogP contribution in [0.25, 0.3) is 16.6 Å². The predicted molar refractivity (Wildman–Crippen MR) is 83.3 cm³/mol. The van der Waals surface area contributed by atoms with E-state index in [-0.39, 0.29) is 0 Å². The second-order valence-corrected chi connectivity index (χ2v) is 4.63. The summed E-state index contributed by atoms with van der Waals surface area (Å²) >= 11 is 0. The molecule has 2 N–H and O–H groups in total. The average Bonchev–Trinajstić information content (AvgIpc) is 2.96. The molecule has 108 valence electrons. The molecule has 0 saturated heterocycles. The number of ether oxygens (including phenoxy) is 1. The number of primary amides is 1. The first kappa shape index (κ1) is 13.7. The molecule has 0 saturated carbocycles. The Balaban J connectivity index is 2.19. The molecular weight excluding hydrogens is 278 g/mol. The minimum absolute atomic E-state index is 0.593. The van der Waals surface area contributed by atoms with E-state index in [0.29, 0.717) is 16.8 Å². The first-order chi connectivity index (χ1) is 10.7. The fourth-order valence-electron chi connectivity index (χ4n) is 2.25. The number of amides is 1. The third kappa shape index (κ3) is 2.50. The standard InChI is InChI=1S/C17H13N3O2/c1-22-15-9-14(12-5-3-2-4-6-12)11-20-17(15)13(10-19-20)7-8-16(18)21/h2-6,9-11H,1H3,(H2,18,21). The van der Waals surface area contributed by atoms with Gasteiger partial charge in [0.2, 0.25) is 0 Å². The molecule has 0 fully saturated rings. The van der Waals surface area contributed by atoms with E-state index in [1.165, 1.54) is 0 Å². The van der Waals surface area contributed by atoms with Crippen molar-refractivity contribution in [3.05, 3.63) is 54.4 Å². The van der Waals surface area contributed by atoms with Crippen molar-refractivity contribution in [2.75, 3.05) is 7.11 Å². The monoisotopic (exact) mass is 291 g/mol. The second-order valence-electron chi connectivity index (χ2n) is 4.63. The molecule has 3 aromatic rings. The fraction of sp³-hybridized carbons (Fsp3) is 0.0588. The average molecular weight is 291 g/mol. The lowest BCUT2D eigenvalue weighted by atomic mass is 10.1. The van der Waals surface area contributed by atoms with Crippen molar-refractivity contribution in [3.8, 4) is 28.7 Å². The maximum absolute atomic E-state index is 10.8. The number of carbonyl (C=O) groups is 1. The van der Waals surface area contributed by atoms with Gasteiger partial charge in [-0.15, -0.1) is 0 Å². The zero-order chi connectivity index (χ0) is 15.5. The number of pyridine rings is 1. The number of nitrogens with two attached hydrogens (primary N) is 1. The number of aromatic nitrogens is 2. The van der Waals surface area contributed by atoms with Gasteiger partial charge in [0.05, 0.1) is 18.9 Å². The Labute approximate surface area is 127 Å². The Hall–Kier alpha value is -3.26. The van der Waals surface area contributed by atoms with Gasteiger partial charge in [-0.1, -0.05) is 36.3 Å². The lowest BCUT2D eigenvalue weighted by Crippen LogP contribution is -2.06. The molecule has 3 rings (SSSR count). The van der Waals surface area contributed by atoms with Crippen LogP contribution in [0.4, 0.5) is 0 Å². The van der Waals surface area contributed by atoms with Crippen molar-refractivity contribution in [2.24, 2.45) is 5.73 Å². The Morgan fingerprint density at radius 3 is 2.73 bits per heavy atom. The molecule has 2 aromatic heterocycles. The molecule has 22 heavy (non-hydrogen) atoms. The van der Waals surface area contributed by atoms with Gasteiger partial charge in [-0.2, -0.15) is 5.10 Å². The van der Waals surface area contributed by atoms with Crippen LogP contribution >= 0.6 is 0 Å². The minimum atomic E-state index is -0.681. The fourth-order valence-corrected chi connectivity index (χ4v) is 2.25. The van der Waals surface area contributed by atoms with Gasteiger partial charge in [0.1, 0.15) is 11.3 Å². The molecule has 0 spiro atoms. The summed E-state index contributed by atoms with van der Waals surface area (Å²) in [5.74, 6) is 4.98. The maximum Gasteiger partial charge on any atom is 0.293 e. The van der Waals surface area contributed by atoms with Gasteiger partial charge in [-0.3, -0.25) is 4.79 Å². The van der Waals surface area contributed by atoms with E-state index in [2.05, 4.69) is 16.9 Å². The molecule has 0 aliphatic carbocycles. The summed E-state index contributed by atoms with van der Waals surface area (Å²) in [6.45, 7) is 0. The van der Waals surface area contributed by atoms with Gasteiger partial charge >= 0.3 is 0 Å². The van der Waals surface area contributed by atoms with Crippen LogP contribution in [0.2, 0.25) is 0 Å². The number of methoxy groups -OCH3 is 1. The number of fused-ring (bicyclic) bond motifs is 1. The third-order valence-corrected chi connectivity index (χ3v) is 3.22. The molecule has 0 aliphatic heterocycles. The second kappa shape index (κ2) is 5.62. The van der Waals surface area contributed by atoms with Crippen molar-refractivity contribution in [1.29, 1.82) is 0 Å². The Bertz CT molecular complexity index is 902. The van der Waals surface area contributed by atoms with Crippen LogP contribution in [0, 0.1) is 11.8 Å². The van der Waals surface area contributed by atoms with Crippen molar-refractivity contribution in [3.63, 3.8) is 0 Å².